The summed E-state index contributed by atoms with van der Waals surface area (Å²) in [7, 11) is 0. The van der Waals surface area contributed by atoms with E-state index in [2.05, 4.69) is 12.2 Å². The number of hydrogen-bond acceptors (Lipinski definition) is 3. The summed E-state index contributed by atoms with van der Waals surface area (Å²) < 4.78 is 19.0. The van der Waals surface area contributed by atoms with E-state index in [9.17, 15) is 4.39 Å². The molecule has 106 valence electrons. The van der Waals surface area contributed by atoms with Crippen LogP contribution in [-0.2, 0) is 0 Å². The molecule has 1 atom stereocenters. The molecule has 0 saturated heterocycles. The Kier molecular flexibility index (Phi) is 4.45. The first-order valence-electron chi connectivity index (χ1n) is 6.67. The van der Waals surface area contributed by atoms with Gasteiger partial charge in [0.15, 0.2) is 0 Å². The van der Waals surface area contributed by atoms with Gasteiger partial charge in [0.25, 0.3) is 0 Å². The molecule has 0 spiro atoms. The van der Waals surface area contributed by atoms with Crippen molar-refractivity contribution in [2.24, 2.45) is 0 Å². The van der Waals surface area contributed by atoms with Crippen molar-refractivity contribution in [3.05, 3.63) is 48.3 Å². The van der Waals surface area contributed by atoms with Gasteiger partial charge in [-0.3, -0.25) is 0 Å². The van der Waals surface area contributed by atoms with Gasteiger partial charge in [0.05, 0.1) is 17.5 Å². The Morgan fingerprint density at radius 2 is 2.05 bits per heavy atom. The second kappa shape index (κ2) is 6.28. The monoisotopic (exact) mass is 274 g/mol. The minimum Gasteiger partial charge on any atom is -0.491 e. The fraction of sp³-hybridized carbons (Fsp3) is 0.250. The van der Waals surface area contributed by atoms with Crippen LogP contribution < -0.4 is 15.8 Å². The van der Waals surface area contributed by atoms with Crippen LogP contribution >= 0.6 is 0 Å². The maximum Gasteiger partial charge on any atom is 0.125 e. The highest BCUT2D eigenvalue weighted by atomic mass is 19.1. The van der Waals surface area contributed by atoms with Gasteiger partial charge >= 0.3 is 0 Å². The van der Waals surface area contributed by atoms with E-state index in [-0.39, 0.29) is 11.9 Å². The second-order valence-corrected chi connectivity index (χ2v) is 4.72. The first kappa shape index (κ1) is 14.2. The maximum absolute atomic E-state index is 13.2. The van der Waals surface area contributed by atoms with Crippen molar-refractivity contribution in [1.82, 2.24) is 0 Å². The van der Waals surface area contributed by atoms with Gasteiger partial charge in [0, 0.05) is 11.8 Å². The van der Waals surface area contributed by atoms with E-state index in [1.54, 1.807) is 0 Å². The van der Waals surface area contributed by atoms with E-state index in [0.717, 1.165) is 17.9 Å². The molecule has 0 aliphatic heterocycles. The number of halogens is 1. The first-order chi connectivity index (χ1) is 9.58. The van der Waals surface area contributed by atoms with Gasteiger partial charge in [-0.15, -0.1) is 0 Å². The summed E-state index contributed by atoms with van der Waals surface area (Å²) in [6, 6.07) is 11.8. The molecule has 2 aromatic rings. The number of nitrogen functional groups attached to an aromatic ring is 1. The molecular formula is C16H19FN2O. The highest BCUT2D eigenvalue weighted by Gasteiger charge is 2.04. The lowest BCUT2D eigenvalue weighted by atomic mass is 10.2. The zero-order valence-electron chi connectivity index (χ0n) is 11.7. The average Bonchev–Trinajstić information content (AvgIpc) is 2.43. The standard InChI is InChI=1S/C16H19FN2O/c1-3-11(2)20-14-6-4-5-13(10-14)19-16-9-12(17)7-8-15(16)18/h4-11,19H,3,18H2,1-2H3. The molecule has 1 unspecified atom stereocenters. The van der Waals surface area contributed by atoms with Gasteiger partial charge in [-0.25, -0.2) is 4.39 Å². The molecule has 3 N–H and O–H groups in total. The Morgan fingerprint density at radius 1 is 1.25 bits per heavy atom. The average molecular weight is 274 g/mol. The number of nitrogens with two attached hydrogens (primary N) is 1. The molecule has 0 saturated carbocycles. The molecule has 0 aromatic heterocycles. The number of nitrogens with one attached hydrogen (secondary N) is 1. The summed E-state index contributed by atoms with van der Waals surface area (Å²) in [5, 5.41) is 3.10. The lowest BCUT2D eigenvalue weighted by molar-refractivity contribution is 0.217. The quantitative estimate of drug-likeness (QED) is 0.798. The number of ether oxygens (including phenoxy) is 1. The van der Waals surface area contributed by atoms with Crippen molar-refractivity contribution in [1.29, 1.82) is 0 Å². The van der Waals surface area contributed by atoms with Gasteiger partial charge in [-0.1, -0.05) is 13.0 Å². The zero-order chi connectivity index (χ0) is 14.5. The summed E-state index contributed by atoms with van der Waals surface area (Å²) in [4.78, 5) is 0. The van der Waals surface area contributed by atoms with Gasteiger partial charge in [-0.05, 0) is 43.7 Å². The number of rotatable bonds is 5. The predicted octanol–water partition coefficient (Wildman–Crippen LogP) is 4.33. The smallest absolute Gasteiger partial charge is 0.125 e. The van der Waals surface area contributed by atoms with Crippen molar-refractivity contribution in [2.45, 2.75) is 26.4 Å². The number of hydrogen-bond donors (Lipinski definition) is 2. The molecule has 4 heteroatoms. The van der Waals surface area contributed by atoms with Crippen LogP contribution in [0.2, 0.25) is 0 Å². The van der Waals surface area contributed by atoms with Gasteiger partial charge in [0.2, 0.25) is 0 Å². The molecule has 0 aliphatic carbocycles. The summed E-state index contributed by atoms with van der Waals surface area (Å²) in [6.45, 7) is 4.09. The Morgan fingerprint density at radius 3 is 2.80 bits per heavy atom. The molecule has 3 nitrogen and oxygen atoms in total. The van der Waals surface area contributed by atoms with Crippen LogP contribution in [0.15, 0.2) is 42.5 Å². The molecule has 2 rings (SSSR count). The highest BCUT2D eigenvalue weighted by Crippen LogP contribution is 2.26. The van der Waals surface area contributed by atoms with Crippen molar-refractivity contribution in [2.75, 3.05) is 11.1 Å². The third-order valence-corrected chi connectivity index (χ3v) is 3.04. The molecule has 0 radical (unpaired) electrons. The van der Waals surface area contributed by atoms with Crippen LogP contribution in [0.4, 0.5) is 21.5 Å². The Balaban J connectivity index is 2.17. The zero-order valence-corrected chi connectivity index (χ0v) is 11.7. The largest absolute Gasteiger partial charge is 0.491 e. The fourth-order valence-electron chi connectivity index (χ4n) is 1.76. The predicted molar refractivity (Wildman–Crippen MR) is 80.9 cm³/mol. The van der Waals surface area contributed by atoms with E-state index in [4.69, 9.17) is 10.5 Å². The van der Waals surface area contributed by atoms with Crippen molar-refractivity contribution in [3.8, 4) is 5.75 Å². The van der Waals surface area contributed by atoms with Crippen LogP contribution in [0.3, 0.4) is 0 Å². The van der Waals surface area contributed by atoms with Crippen molar-refractivity contribution < 1.29 is 9.13 Å². The van der Waals surface area contributed by atoms with Gasteiger partial charge in [-0.2, -0.15) is 0 Å². The van der Waals surface area contributed by atoms with Gasteiger partial charge in [0.1, 0.15) is 11.6 Å². The van der Waals surface area contributed by atoms with Crippen molar-refractivity contribution in [3.63, 3.8) is 0 Å². The summed E-state index contributed by atoms with van der Waals surface area (Å²) in [5.74, 6) is 0.452. The molecule has 0 bridgehead atoms. The molecular weight excluding hydrogens is 255 g/mol. The Labute approximate surface area is 118 Å². The van der Waals surface area contributed by atoms with E-state index in [0.29, 0.717) is 11.4 Å². The minimum atomic E-state index is -0.325. The van der Waals surface area contributed by atoms with Crippen molar-refractivity contribution >= 4 is 17.1 Å². The Bertz CT molecular complexity index is 586. The minimum absolute atomic E-state index is 0.157. The first-order valence-corrected chi connectivity index (χ1v) is 6.67. The third kappa shape index (κ3) is 3.63. The molecule has 2 aromatic carbocycles. The van der Waals surface area contributed by atoms with E-state index >= 15 is 0 Å². The summed E-state index contributed by atoms with van der Waals surface area (Å²) in [5.41, 5.74) is 7.67. The van der Waals surface area contributed by atoms with Gasteiger partial charge < -0.3 is 15.8 Å². The third-order valence-electron chi connectivity index (χ3n) is 3.04. The van der Waals surface area contributed by atoms with Crippen LogP contribution in [-0.4, -0.2) is 6.10 Å². The second-order valence-electron chi connectivity index (χ2n) is 4.72. The lowest BCUT2D eigenvalue weighted by Gasteiger charge is -2.14. The number of anilines is 3. The lowest BCUT2D eigenvalue weighted by Crippen LogP contribution is -2.09. The molecule has 0 heterocycles. The van der Waals surface area contributed by atoms with E-state index in [1.807, 2.05) is 31.2 Å². The molecule has 0 fully saturated rings. The topological polar surface area (TPSA) is 47.3 Å². The van der Waals surface area contributed by atoms with E-state index in [1.165, 1.54) is 18.2 Å². The molecule has 20 heavy (non-hydrogen) atoms. The normalized spacial score (nSPS) is 11.9. The highest BCUT2D eigenvalue weighted by molar-refractivity contribution is 5.72. The molecule has 0 aliphatic rings. The van der Waals surface area contributed by atoms with Crippen LogP contribution in [0.5, 0.6) is 5.75 Å². The number of benzene rings is 2. The Hall–Kier alpha value is -2.23. The SMILES string of the molecule is CCC(C)Oc1cccc(Nc2cc(F)ccc2N)c1. The summed E-state index contributed by atoms with van der Waals surface area (Å²) in [6.07, 6.45) is 1.10. The fourth-order valence-corrected chi connectivity index (χ4v) is 1.76. The van der Waals surface area contributed by atoms with Crippen LogP contribution in [0.25, 0.3) is 0 Å². The maximum atomic E-state index is 13.2. The summed E-state index contributed by atoms with van der Waals surface area (Å²) >= 11 is 0. The van der Waals surface area contributed by atoms with Crippen LogP contribution in [0, 0.1) is 5.82 Å². The van der Waals surface area contributed by atoms with Crippen LogP contribution in [0.1, 0.15) is 20.3 Å². The molecule has 0 amide bonds. The van der Waals surface area contributed by atoms with E-state index < -0.39 is 0 Å².